The molecule has 0 aromatic carbocycles. The lowest BCUT2D eigenvalue weighted by Gasteiger charge is -2.18. The molecule has 0 unspecified atom stereocenters. The average Bonchev–Trinajstić information content (AvgIpc) is 2.82. The number of nitrogens with zero attached hydrogens (tertiary/aromatic N) is 2. The minimum Gasteiger partial charge on any atom is -0.369 e. The second kappa shape index (κ2) is 7.82. The van der Waals surface area contributed by atoms with Gasteiger partial charge >= 0.3 is 0 Å². The molecule has 0 saturated heterocycles. The number of nitrogens with two attached hydrogens (primary N) is 2. The third kappa shape index (κ3) is 5.33. The molecule has 106 valence electrons. The molecule has 8 heteroatoms. The first-order valence-electron chi connectivity index (χ1n) is 6.02. The molecule has 1 aromatic heterocycles. The van der Waals surface area contributed by atoms with Crippen LogP contribution in [-0.2, 0) is 11.3 Å². The minimum absolute atomic E-state index is 0.190. The van der Waals surface area contributed by atoms with Crippen LogP contribution in [0.15, 0.2) is 5.38 Å². The van der Waals surface area contributed by atoms with Crippen molar-refractivity contribution in [2.75, 3.05) is 13.1 Å². The van der Waals surface area contributed by atoms with Crippen molar-refractivity contribution in [2.24, 2.45) is 11.6 Å². The Balaban J connectivity index is 2.64. The van der Waals surface area contributed by atoms with Gasteiger partial charge in [0.1, 0.15) is 0 Å². The topological polar surface area (TPSA) is 114 Å². The lowest BCUT2D eigenvalue weighted by Crippen LogP contribution is -2.34. The van der Waals surface area contributed by atoms with Crippen molar-refractivity contribution in [3.05, 3.63) is 16.1 Å². The summed E-state index contributed by atoms with van der Waals surface area (Å²) >= 11 is 1.22. The van der Waals surface area contributed by atoms with Crippen molar-refractivity contribution in [1.29, 1.82) is 0 Å². The number of hydrazine groups is 1. The first kappa shape index (κ1) is 15.5. The summed E-state index contributed by atoms with van der Waals surface area (Å²) < 4.78 is 0. The van der Waals surface area contributed by atoms with E-state index in [2.05, 4.69) is 11.9 Å². The number of unbranched alkanes of at least 4 members (excludes halogenated alkanes) is 1. The lowest BCUT2D eigenvalue weighted by molar-refractivity contribution is -0.119. The van der Waals surface area contributed by atoms with E-state index in [4.69, 9.17) is 11.6 Å². The Kier molecular flexibility index (Phi) is 6.40. The molecule has 2 amide bonds. The Morgan fingerprint density at radius 3 is 2.84 bits per heavy atom. The van der Waals surface area contributed by atoms with E-state index in [1.807, 2.05) is 10.3 Å². The van der Waals surface area contributed by atoms with Crippen molar-refractivity contribution in [3.8, 4) is 0 Å². The molecule has 0 radical (unpaired) electrons. The van der Waals surface area contributed by atoms with Gasteiger partial charge in [-0.1, -0.05) is 13.3 Å². The number of carbonyl (C=O) groups excluding carboxylic acids is 2. The molecule has 0 aliphatic carbocycles. The Morgan fingerprint density at radius 1 is 1.53 bits per heavy atom. The van der Waals surface area contributed by atoms with Crippen molar-refractivity contribution in [3.63, 3.8) is 0 Å². The van der Waals surface area contributed by atoms with E-state index in [9.17, 15) is 9.59 Å². The van der Waals surface area contributed by atoms with Gasteiger partial charge < -0.3 is 5.73 Å². The Labute approximate surface area is 115 Å². The molecular weight excluding hydrogens is 266 g/mol. The number of rotatable bonds is 8. The standard InChI is InChI=1S/C11H19N5O2S/c1-2-3-4-16(6-9(12)17)5-8-7-19-11(14-8)10(18)15-13/h7H,2-6,13H2,1H3,(H2,12,17)(H,15,18). The van der Waals surface area contributed by atoms with Gasteiger partial charge in [-0.15, -0.1) is 11.3 Å². The van der Waals surface area contributed by atoms with Gasteiger partial charge in [0, 0.05) is 11.9 Å². The average molecular weight is 285 g/mol. The van der Waals surface area contributed by atoms with Crippen molar-refractivity contribution in [2.45, 2.75) is 26.3 Å². The highest BCUT2D eigenvalue weighted by Crippen LogP contribution is 2.12. The molecular formula is C11H19N5O2S. The largest absolute Gasteiger partial charge is 0.369 e. The van der Waals surface area contributed by atoms with Crippen molar-refractivity contribution < 1.29 is 9.59 Å². The molecule has 19 heavy (non-hydrogen) atoms. The summed E-state index contributed by atoms with van der Waals surface area (Å²) in [6.07, 6.45) is 2.01. The van der Waals surface area contributed by atoms with Gasteiger partial charge in [-0.25, -0.2) is 10.8 Å². The first-order chi connectivity index (χ1) is 9.06. The summed E-state index contributed by atoms with van der Waals surface area (Å²) in [5, 5.41) is 2.09. The number of nitrogens with one attached hydrogen (secondary N) is 1. The van der Waals surface area contributed by atoms with E-state index in [1.54, 1.807) is 5.38 Å². The highest BCUT2D eigenvalue weighted by atomic mass is 32.1. The molecule has 0 aliphatic rings. The summed E-state index contributed by atoms with van der Waals surface area (Å²) in [6, 6.07) is 0. The van der Waals surface area contributed by atoms with E-state index in [0.29, 0.717) is 11.6 Å². The zero-order chi connectivity index (χ0) is 14.3. The summed E-state index contributed by atoms with van der Waals surface area (Å²) in [7, 11) is 0. The summed E-state index contributed by atoms with van der Waals surface area (Å²) in [4.78, 5) is 28.4. The fourth-order valence-corrected chi connectivity index (χ4v) is 2.30. The number of carbonyl (C=O) groups is 2. The van der Waals surface area contributed by atoms with Gasteiger partial charge in [0.2, 0.25) is 5.91 Å². The van der Waals surface area contributed by atoms with Crippen molar-refractivity contribution >= 4 is 23.2 Å². The molecule has 0 aliphatic heterocycles. The molecule has 0 spiro atoms. The fourth-order valence-electron chi connectivity index (χ4n) is 1.59. The quantitative estimate of drug-likeness (QED) is 0.349. The molecule has 1 aromatic rings. The summed E-state index contributed by atoms with van der Waals surface area (Å²) in [5.41, 5.74) is 7.99. The number of nitrogen functional groups attached to an aromatic ring is 1. The van der Waals surface area contributed by atoms with Crippen LogP contribution in [0.1, 0.15) is 35.3 Å². The number of aromatic nitrogens is 1. The molecule has 7 nitrogen and oxygen atoms in total. The number of hydrogen-bond donors (Lipinski definition) is 3. The van der Waals surface area contributed by atoms with Crippen LogP contribution in [0.2, 0.25) is 0 Å². The van der Waals surface area contributed by atoms with E-state index >= 15 is 0 Å². The predicted octanol–water partition coefficient (Wildman–Crippen LogP) is -0.166. The maximum absolute atomic E-state index is 11.3. The van der Waals surface area contributed by atoms with Crippen molar-refractivity contribution in [1.82, 2.24) is 15.3 Å². The van der Waals surface area contributed by atoms with E-state index in [1.165, 1.54) is 11.3 Å². The Morgan fingerprint density at radius 2 is 2.26 bits per heavy atom. The van der Waals surface area contributed by atoms with Gasteiger partial charge in [-0.3, -0.25) is 19.9 Å². The molecule has 0 fully saturated rings. The maximum Gasteiger partial charge on any atom is 0.294 e. The number of hydrogen-bond acceptors (Lipinski definition) is 6. The van der Waals surface area contributed by atoms with Gasteiger partial charge in [-0.2, -0.15) is 0 Å². The van der Waals surface area contributed by atoms with E-state index in [-0.39, 0.29) is 12.5 Å². The Bertz CT molecular complexity index is 434. The normalized spacial score (nSPS) is 10.7. The molecule has 0 saturated carbocycles. The highest BCUT2D eigenvalue weighted by molar-refractivity contribution is 7.11. The molecule has 1 rings (SSSR count). The molecule has 0 atom stereocenters. The first-order valence-corrected chi connectivity index (χ1v) is 6.90. The van der Waals surface area contributed by atoms with Gasteiger partial charge in [0.15, 0.2) is 5.01 Å². The van der Waals surface area contributed by atoms with Crippen LogP contribution in [0, 0.1) is 0 Å². The third-order valence-corrected chi connectivity index (χ3v) is 3.36. The van der Waals surface area contributed by atoms with Crippen LogP contribution < -0.4 is 17.0 Å². The van der Waals surface area contributed by atoms with Crippen LogP contribution in [-0.4, -0.2) is 34.8 Å². The number of amides is 2. The number of primary amides is 1. The zero-order valence-corrected chi connectivity index (χ0v) is 11.7. The van der Waals surface area contributed by atoms with Gasteiger partial charge in [-0.05, 0) is 13.0 Å². The summed E-state index contributed by atoms with van der Waals surface area (Å²) in [5.74, 6) is 4.26. The van der Waals surface area contributed by atoms with Gasteiger partial charge in [0.05, 0.1) is 12.2 Å². The van der Waals surface area contributed by atoms with Crippen LogP contribution in [0.25, 0.3) is 0 Å². The smallest absolute Gasteiger partial charge is 0.294 e. The van der Waals surface area contributed by atoms with Crippen LogP contribution in [0.5, 0.6) is 0 Å². The SMILES string of the molecule is CCCCN(CC(N)=O)Cc1csc(C(=O)NN)n1. The van der Waals surface area contributed by atoms with Crippen LogP contribution in [0.4, 0.5) is 0 Å². The second-order valence-corrected chi connectivity index (χ2v) is 5.01. The third-order valence-electron chi connectivity index (χ3n) is 2.47. The monoisotopic (exact) mass is 285 g/mol. The summed E-state index contributed by atoms with van der Waals surface area (Å²) in [6.45, 7) is 3.54. The second-order valence-electron chi connectivity index (χ2n) is 4.15. The van der Waals surface area contributed by atoms with Crippen LogP contribution in [0.3, 0.4) is 0 Å². The van der Waals surface area contributed by atoms with E-state index in [0.717, 1.165) is 25.1 Å². The Hall–Kier alpha value is -1.51. The molecule has 1 heterocycles. The zero-order valence-electron chi connectivity index (χ0n) is 10.9. The van der Waals surface area contributed by atoms with Gasteiger partial charge in [0.25, 0.3) is 5.91 Å². The molecule has 0 bridgehead atoms. The fraction of sp³-hybridized carbons (Fsp3) is 0.545. The minimum atomic E-state index is -0.411. The highest BCUT2D eigenvalue weighted by Gasteiger charge is 2.13. The van der Waals surface area contributed by atoms with Crippen LogP contribution >= 0.6 is 11.3 Å². The maximum atomic E-state index is 11.3. The molecule has 5 N–H and O–H groups in total. The van der Waals surface area contributed by atoms with E-state index < -0.39 is 5.91 Å². The predicted molar refractivity (Wildman–Crippen MR) is 73.1 cm³/mol. The lowest BCUT2D eigenvalue weighted by atomic mass is 10.3. The number of thiazole rings is 1.